The number of aromatic nitrogens is 2. The third kappa shape index (κ3) is 5.22. The molecule has 0 radical (unpaired) electrons. The Labute approximate surface area is 206 Å². The Morgan fingerprint density at radius 3 is 2.77 bits per heavy atom. The highest BCUT2D eigenvalue weighted by molar-refractivity contribution is 5.96. The number of rotatable bonds is 8. The smallest absolute Gasteiger partial charge is 0.263 e. The molecule has 0 aliphatic carbocycles. The van der Waals surface area contributed by atoms with Gasteiger partial charge >= 0.3 is 0 Å². The first-order valence-corrected chi connectivity index (χ1v) is 12.1. The van der Waals surface area contributed by atoms with Gasteiger partial charge in [-0.1, -0.05) is 25.1 Å². The molecule has 1 saturated heterocycles. The molecule has 0 spiro atoms. The fourth-order valence-corrected chi connectivity index (χ4v) is 4.22. The summed E-state index contributed by atoms with van der Waals surface area (Å²) in [5.41, 5.74) is 9.34. The summed E-state index contributed by atoms with van der Waals surface area (Å²) in [4.78, 5) is 31.0. The zero-order chi connectivity index (χ0) is 24.8. The van der Waals surface area contributed by atoms with Gasteiger partial charge in [0, 0.05) is 50.7 Å². The van der Waals surface area contributed by atoms with Crippen LogP contribution in [0.3, 0.4) is 0 Å². The molecular formula is C25H34N8O2. The summed E-state index contributed by atoms with van der Waals surface area (Å²) >= 11 is 0. The second-order valence-electron chi connectivity index (χ2n) is 8.40. The van der Waals surface area contributed by atoms with Crippen LogP contribution >= 0.6 is 0 Å². The highest BCUT2D eigenvalue weighted by Crippen LogP contribution is 2.41. The first-order valence-electron chi connectivity index (χ1n) is 12.1. The lowest BCUT2D eigenvalue weighted by Crippen LogP contribution is -2.48. The third-order valence-corrected chi connectivity index (χ3v) is 6.04. The summed E-state index contributed by atoms with van der Waals surface area (Å²) in [5.74, 6) is 2.02. The second-order valence-corrected chi connectivity index (χ2v) is 8.40. The summed E-state index contributed by atoms with van der Waals surface area (Å²) in [5, 5.41) is 6.40. The Morgan fingerprint density at radius 2 is 2.06 bits per heavy atom. The molecule has 1 aromatic carbocycles. The molecule has 2 aliphatic heterocycles. The highest BCUT2D eigenvalue weighted by atomic mass is 16.5. The standard InChI is InChI=1S/C25H34N8O2/c1-4-10-28-25(34)24-29-20-22(32-12-14-35-15-13-32)30-21(31-23(20)33(24)5-2)18-8-6-7-17(16-18)19(26)9-11-27-3/h6-9,11,16,24,29H,4-5,10,12-15,26H2,1-3H3,(H,28,34)/b19-9-,27-11?. The van der Waals surface area contributed by atoms with Crippen LogP contribution in [0.4, 0.5) is 17.3 Å². The van der Waals surface area contributed by atoms with Crippen LogP contribution in [-0.4, -0.2) is 74.7 Å². The van der Waals surface area contributed by atoms with Gasteiger partial charge in [-0.15, -0.1) is 0 Å². The van der Waals surface area contributed by atoms with E-state index in [4.69, 9.17) is 20.4 Å². The predicted octanol–water partition coefficient (Wildman–Crippen LogP) is 2.08. The molecule has 2 aliphatic rings. The first-order chi connectivity index (χ1) is 17.1. The quantitative estimate of drug-likeness (QED) is 0.493. The Balaban J connectivity index is 1.78. The van der Waals surface area contributed by atoms with E-state index >= 15 is 0 Å². The van der Waals surface area contributed by atoms with Crippen molar-refractivity contribution >= 4 is 35.1 Å². The lowest BCUT2D eigenvalue weighted by molar-refractivity contribution is -0.121. The molecule has 10 nitrogen and oxygen atoms in total. The van der Waals surface area contributed by atoms with Crippen molar-refractivity contribution < 1.29 is 9.53 Å². The van der Waals surface area contributed by atoms with Crippen LogP contribution in [0.5, 0.6) is 0 Å². The number of hydrogen-bond donors (Lipinski definition) is 3. The Hall–Kier alpha value is -3.66. The van der Waals surface area contributed by atoms with Crippen LogP contribution < -0.4 is 26.2 Å². The zero-order valence-corrected chi connectivity index (χ0v) is 20.6. The molecule has 1 amide bonds. The van der Waals surface area contributed by atoms with Gasteiger partial charge in [0.15, 0.2) is 23.6 Å². The molecule has 186 valence electrons. The van der Waals surface area contributed by atoms with Gasteiger partial charge in [0.05, 0.1) is 13.2 Å². The van der Waals surface area contributed by atoms with E-state index in [9.17, 15) is 4.79 Å². The molecule has 1 atom stereocenters. The first kappa shape index (κ1) is 24.5. The number of carbonyl (C=O) groups excluding carboxylic acids is 1. The van der Waals surface area contributed by atoms with Crippen LogP contribution in [0.25, 0.3) is 17.1 Å². The van der Waals surface area contributed by atoms with Gasteiger partial charge in [-0.05, 0) is 31.1 Å². The number of carbonyl (C=O) groups is 1. The number of nitrogens with two attached hydrogens (primary N) is 1. The fraction of sp³-hybridized carbons (Fsp3) is 0.440. The van der Waals surface area contributed by atoms with Gasteiger partial charge in [0.1, 0.15) is 5.69 Å². The molecule has 1 aromatic heterocycles. The number of nitrogens with zero attached hydrogens (tertiary/aromatic N) is 5. The molecule has 1 fully saturated rings. The van der Waals surface area contributed by atoms with Crippen molar-refractivity contribution in [3.8, 4) is 11.4 Å². The van der Waals surface area contributed by atoms with Gasteiger partial charge in [0.2, 0.25) is 0 Å². The van der Waals surface area contributed by atoms with E-state index in [0.29, 0.717) is 37.8 Å². The maximum absolute atomic E-state index is 13.0. The van der Waals surface area contributed by atoms with Gasteiger partial charge in [-0.3, -0.25) is 9.79 Å². The van der Waals surface area contributed by atoms with E-state index in [1.54, 1.807) is 19.3 Å². The summed E-state index contributed by atoms with van der Waals surface area (Å²) in [6.07, 6.45) is 3.77. The Morgan fingerprint density at radius 1 is 1.29 bits per heavy atom. The molecule has 4 rings (SSSR count). The third-order valence-electron chi connectivity index (χ3n) is 6.04. The average molecular weight is 479 g/mol. The lowest BCUT2D eigenvalue weighted by atomic mass is 10.1. The van der Waals surface area contributed by atoms with Crippen LogP contribution in [0.1, 0.15) is 25.8 Å². The van der Waals surface area contributed by atoms with Crippen molar-refractivity contribution in [3.05, 3.63) is 35.9 Å². The van der Waals surface area contributed by atoms with Gasteiger partial charge in [0.25, 0.3) is 5.91 Å². The number of hydrogen-bond acceptors (Lipinski definition) is 9. The minimum Gasteiger partial charge on any atom is -0.398 e. The molecule has 10 heteroatoms. The number of benzene rings is 1. The Bertz CT molecular complexity index is 1110. The maximum Gasteiger partial charge on any atom is 0.263 e. The van der Waals surface area contributed by atoms with Crippen LogP contribution in [-0.2, 0) is 9.53 Å². The topological polar surface area (TPSA) is 121 Å². The summed E-state index contributed by atoms with van der Waals surface area (Å²) in [6, 6.07) is 7.84. The van der Waals surface area contributed by atoms with Crippen molar-refractivity contribution in [2.75, 3.05) is 61.6 Å². The van der Waals surface area contributed by atoms with Gasteiger partial charge in [-0.25, -0.2) is 9.97 Å². The predicted molar refractivity (Wildman–Crippen MR) is 141 cm³/mol. The van der Waals surface area contributed by atoms with Gasteiger partial charge in [-0.2, -0.15) is 0 Å². The molecule has 1 unspecified atom stereocenters. The number of anilines is 3. The van der Waals surface area contributed by atoms with E-state index in [-0.39, 0.29) is 5.91 Å². The van der Waals surface area contributed by atoms with E-state index < -0.39 is 6.17 Å². The number of likely N-dealkylation sites (N-methyl/N-ethyl adjacent to an activating group) is 1. The van der Waals surface area contributed by atoms with Gasteiger partial charge < -0.3 is 30.9 Å². The second kappa shape index (κ2) is 11.2. The van der Waals surface area contributed by atoms with E-state index in [2.05, 4.69) is 20.5 Å². The molecule has 2 aromatic rings. The summed E-state index contributed by atoms with van der Waals surface area (Å²) in [6.45, 7) is 8.00. The average Bonchev–Trinajstić information content (AvgIpc) is 3.29. The fourth-order valence-electron chi connectivity index (χ4n) is 4.22. The number of nitrogens with one attached hydrogen (secondary N) is 2. The molecule has 0 bridgehead atoms. The SMILES string of the molecule is CCCNC(=O)C1Nc2c(N3CCOCC3)nc(-c3cccc(/C(N)=C/C=NC)c3)nc2N1CC. The lowest BCUT2D eigenvalue weighted by Gasteiger charge is -2.29. The van der Waals surface area contributed by atoms with Crippen molar-refractivity contribution in [2.45, 2.75) is 26.4 Å². The summed E-state index contributed by atoms with van der Waals surface area (Å²) in [7, 11) is 1.70. The van der Waals surface area contributed by atoms with Crippen LogP contribution in [0, 0.1) is 0 Å². The molecule has 35 heavy (non-hydrogen) atoms. The number of aliphatic imine (C=N–C) groups is 1. The van der Waals surface area contributed by atoms with Crippen molar-refractivity contribution in [3.63, 3.8) is 0 Å². The molecular weight excluding hydrogens is 444 g/mol. The van der Waals surface area contributed by atoms with E-state index in [1.165, 1.54) is 0 Å². The molecule has 4 N–H and O–H groups in total. The Kier molecular flexibility index (Phi) is 7.81. The van der Waals surface area contributed by atoms with Crippen molar-refractivity contribution in [2.24, 2.45) is 10.7 Å². The number of amides is 1. The molecule has 0 saturated carbocycles. The van der Waals surface area contributed by atoms with E-state index in [0.717, 1.165) is 48.0 Å². The number of ether oxygens (including phenoxy) is 1. The maximum atomic E-state index is 13.0. The molecule has 3 heterocycles. The van der Waals surface area contributed by atoms with Crippen molar-refractivity contribution in [1.82, 2.24) is 15.3 Å². The number of fused-ring (bicyclic) bond motifs is 1. The van der Waals surface area contributed by atoms with E-state index in [1.807, 2.05) is 43.0 Å². The number of allylic oxidation sites excluding steroid dienone is 1. The minimum absolute atomic E-state index is 0.0707. The van der Waals surface area contributed by atoms with Crippen LogP contribution in [0.15, 0.2) is 35.3 Å². The monoisotopic (exact) mass is 478 g/mol. The zero-order valence-electron chi connectivity index (χ0n) is 20.6. The largest absolute Gasteiger partial charge is 0.398 e. The highest BCUT2D eigenvalue weighted by Gasteiger charge is 2.38. The normalized spacial score (nSPS) is 18.0. The summed E-state index contributed by atoms with van der Waals surface area (Å²) < 4.78 is 5.56. The minimum atomic E-state index is -0.538. The van der Waals surface area contributed by atoms with Crippen molar-refractivity contribution in [1.29, 1.82) is 0 Å². The number of morpholine rings is 1. The van der Waals surface area contributed by atoms with Crippen LogP contribution in [0.2, 0.25) is 0 Å².